The van der Waals surface area contributed by atoms with Crippen molar-refractivity contribution in [3.63, 3.8) is 0 Å². The Morgan fingerprint density at radius 3 is 1.36 bits per heavy atom. The van der Waals surface area contributed by atoms with Crippen LogP contribution in [0.15, 0.2) is 0 Å². The molecule has 0 rings (SSSR count). The quantitative estimate of drug-likeness (QED) is 0.259. The zero-order valence-corrected chi connectivity index (χ0v) is 15.3. The highest BCUT2D eigenvalue weighted by Gasteiger charge is 1.94. The minimum absolute atomic E-state index is 0.759. The third kappa shape index (κ3) is 19.9. The van der Waals surface area contributed by atoms with Gasteiger partial charge < -0.3 is 9.47 Å². The van der Waals surface area contributed by atoms with Crippen molar-refractivity contribution in [2.45, 2.75) is 96.8 Å². The lowest BCUT2D eigenvalue weighted by Crippen LogP contribution is -2.06. The van der Waals surface area contributed by atoms with E-state index in [1.165, 1.54) is 77.0 Å². The van der Waals surface area contributed by atoms with Crippen LogP contribution in [-0.2, 0) is 9.47 Å². The maximum atomic E-state index is 5.58. The highest BCUT2D eigenvalue weighted by atomic mass is 16.5. The second-order valence-corrected chi connectivity index (χ2v) is 6.32. The van der Waals surface area contributed by atoms with Crippen molar-refractivity contribution in [3.05, 3.63) is 6.92 Å². The first kappa shape index (κ1) is 21.9. The van der Waals surface area contributed by atoms with Crippen LogP contribution in [-0.4, -0.2) is 26.4 Å². The summed E-state index contributed by atoms with van der Waals surface area (Å²) in [4.78, 5) is 0. The maximum absolute atomic E-state index is 5.58. The van der Waals surface area contributed by atoms with Gasteiger partial charge in [-0.25, -0.2) is 0 Å². The molecule has 0 aliphatic carbocycles. The molecule has 2 nitrogen and oxygen atoms in total. The van der Waals surface area contributed by atoms with Gasteiger partial charge in [-0.1, -0.05) is 90.9 Å². The van der Waals surface area contributed by atoms with E-state index in [-0.39, 0.29) is 0 Å². The largest absolute Gasteiger partial charge is 0.379 e. The first-order valence-corrected chi connectivity index (χ1v) is 9.86. The van der Waals surface area contributed by atoms with Gasteiger partial charge in [-0.15, -0.1) is 0 Å². The Labute approximate surface area is 140 Å². The van der Waals surface area contributed by atoms with E-state index >= 15 is 0 Å². The van der Waals surface area contributed by atoms with Crippen molar-refractivity contribution in [2.24, 2.45) is 0 Å². The van der Waals surface area contributed by atoms with Crippen molar-refractivity contribution in [3.8, 4) is 0 Å². The molecule has 0 unspecified atom stereocenters. The van der Waals surface area contributed by atoms with E-state index in [1.54, 1.807) is 0 Å². The third-order valence-corrected chi connectivity index (χ3v) is 4.05. The molecule has 0 amide bonds. The summed E-state index contributed by atoms with van der Waals surface area (Å²) in [5, 5.41) is 0. The van der Waals surface area contributed by atoms with Gasteiger partial charge >= 0.3 is 0 Å². The Balaban J connectivity index is 2.91. The highest BCUT2D eigenvalue weighted by molar-refractivity contribution is 4.49. The van der Waals surface area contributed by atoms with Crippen LogP contribution in [0.25, 0.3) is 0 Å². The van der Waals surface area contributed by atoms with Gasteiger partial charge in [0.05, 0.1) is 13.2 Å². The molecule has 0 N–H and O–H groups in total. The maximum Gasteiger partial charge on any atom is 0.0700 e. The van der Waals surface area contributed by atoms with Crippen molar-refractivity contribution in [2.75, 3.05) is 26.4 Å². The zero-order chi connectivity index (χ0) is 16.1. The van der Waals surface area contributed by atoms with E-state index in [9.17, 15) is 0 Å². The molecule has 1 radical (unpaired) electrons. The van der Waals surface area contributed by atoms with Gasteiger partial charge in [-0.05, 0) is 12.8 Å². The van der Waals surface area contributed by atoms with Crippen LogP contribution in [0.4, 0.5) is 0 Å². The van der Waals surface area contributed by atoms with Gasteiger partial charge in [0.15, 0.2) is 0 Å². The number of rotatable bonds is 19. The SMILES string of the molecule is [CH2]CCCCCCCCCCCCCOCCOCCCC. The summed E-state index contributed by atoms with van der Waals surface area (Å²) in [6.07, 6.45) is 18.6. The molecule has 0 aliphatic rings. The summed E-state index contributed by atoms with van der Waals surface area (Å²) in [5.74, 6) is 0. The molecule has 0 heterocycles. The van der Waals surface area contributed by atoms with Crippen molar-refractivity contribution >= 4 is 0 Å². The highest BCUT2D eigenvalue weighted by Crippen LogP contribution is 2.11. The molecule has 22 heavy (non-hydrogen) atoms. The van der Waals surface area contributed by atoms with Crippen molar-refractivity contribution in [1.29, 1.82) is 0 Å². The number of hydrogen-bond donors (Lipinski definition) is 0. The van der Waals surface area contributed by atoms with Crippen LogP contribution in [0, 0.1) is 6.92 Å². The molecule has 2 heteroatoms. The molecule has 0 saturated carbocycles. The van der Waals surface area contributed by atoms with E-state index in [0.717, 1.165) is 39.3 Å². The molecular weight excluding hydrogens is 272 g/mol. The zero-order valence-electron chi connectivity index (χ0n) is 15.3. The van der Waals surface area contributed by atoms with E-state index in [2.05, 4.69) is 13.8 Å². The lowest BCUT2D eigenvalue weighted by atomic mass is 10.1. The molecule has 0 aromatic rings. The third-order valence-electron chi connectivity index (χ3n) is 4.05. The van der Waals surface area contributed by atoms with Crippen LogP contribution in [0.5, 0.6) is 0 Å². The van der Waals surface area contributed by atoms with E-state index in [0.29, 0.717) is 0 Å². The fraction of sp³-hybridized carbons (Fsp3) is 0.950. The molecule has 0 spiro atoms. The molecule has 0 aromatic carbocycles. The molecule has 0 aromatic heterocycles. The Hall–Kier alpha value is -0.0800. The molecule has 0 atom stereocenters. The normalized spacial score (nSPS) is 11.2. The number of unbranched alkanes of at least 4 members (excludes halogenated alkanes) is 12. The van der Waals surface area contributed by atoms with E-state index < -0.39 is 0 Å². The molecule has 133 valence electrons. The summed E-state index contributed by atoms with van der Waals surface area (Å²) < 4.78 is 11.0. The molecule has 0 saturated heterocycles. The number of hydrogen-bond acceptors (Lipinski definition) is 2. The fourth-order valence-corrected chi connectivity index (χ4v) is 2.54. The fourth-order valence-electron chi connectivity index (χ4n) is 2.54. The van der Waals surface area contributed by atoms with Gasteiger partial charge in [0.25, 0.3) is 0 Å². The Bertz CT molecular complexity index is 163. The molecular formula is C20H41O2. The Morgan fingerprint density at radius 2 is 0.909 bits per heavy atom. The summed E-state index contributed by atoms with van der Waals surface area (Å²) in [5.41, 5.74) is 0. The lowest BCUT2D eigenvalue weighted by molar-refractivity contribution is 0.0453. The van der Waals surface area contributed by atoms with Crippen LogP contribution in [0.2, 0.25) is 0 Å². The average molecular weight is 314 g/mol. The predicted octanol–water partition coefficient (Wildman–Crippen LogP) is 6.33. The first-order valence-electron chi connectivity index (χ1n) is 9.86. The van der Waals surface area contributed by atoms with Crippen LogP contribution >= 0.6 is 0 Å². The lowest BCUT2D eigenvalue weighted by Gasteiger charge is -2.05. The van der Waals surface area contributed by atoms with Gasteiger partial charge in [-0.2, -0.15) is 0 Å². The molecule has 0 bridgehead atoms. The van der Waals surface area contributed by atoms with Crippen LogP contribution < -0.4 is 0 Å². The standard InChI is InChI=1S/C20H41O2/c1-3-5-7-8-9-10-11-12-13-14-15-16-18-22-20-19-21-17-6-4-2/h1,3-20H2,2H3. The van der Waals surface area contributed by atoms with Gasteiger partial charge in [0, 0.05) is 13.2 Å². The predicted molar refractivity (Wildman–Crippen MR) is 97.3 cm³/mol. The first-order chi connectivity index (χ1) is 10.9. The smallest absolute Gasteiger partial charge is 0.0700 e. The van der Waals surface area contributed by atoms with Crippen LogP contribution in [0.1, 0.15) is 96.8 Å². The van der Waals surface area contributed by atoms with Gasteiger partial charge in [0.1, 0.15) is 0 Å². The van der Waals surface area contributed by atoms with Gasteiger partial charge in [0.2, 0.25) is 0 Å². The van der Waals surface area contributed by atoms with Gasteiger partial charge in [-0.3, -0.25) is 0 Å². The van der Waals surface area contributed by atoms with Crippen LogP contribution in [0.3, 0.4) is 0 Å². The minimum Gasteiger partial charge on any atom is -0.379 e. The molecule has 0 aliphatic heterocycles. The minimum atomic E-state index is 0.759. The summed E-state index contributed by atoms with van der Waals surface area (Å²) >= 11 is 0. The van der Waals surface area contributed by atoms with Crippen molar-refractivity contribution in [1.82, 2.24) is 0 Å². The molecule has 0 fully saturated rings. The summed E-state index contributed by atoms with van der Waals surface area (Å²) in [6.45, 7) is 9.38. The number of ether oxygens (including phenoxy) is 2. The van der Waals surface area contributed by atoms with E-state index in [4.69, 9.17) is 9.47 Å². The van der Waals surface area contributed by atoms with Crippen molar-refractivity contribution < 1.29 is 9.47 Å². The topological polar surface area (TPSA) is 18.5 Å². The second kappa shape index (κ2) is 20.9. The Kier molecular flexibility index (Phi) is 20.8. The Morgan fingerprint density at radius 1 is 0.500 bits per heavy atom. The average Bonchev–Trinajstić information content (AvgIpc) is 2.54. The summed E-state index contributed by atoms with van der Waals surface area (Å²) in [7, 11) is 0. The second-order valence-electron chi connectivity index (χ2n) is 6.32. The summed E-state index contributed by atoms with van der Waals surface area (Å²) in [6, 6.07) is 0. The monoisotopic (exact) mass is 313 g/mol. The van der Waals surface area contributed by atoms with E-state index in [1.807, 2.05) is 0 Å².